The summed E-state index contributed by atoms with van der Waals surface area (Å²) in [6.45, 7) is 1.90. The first-order valence-corrected chi connectivity index (χ1v) is 9.23. The van der Waals surface area contributed by atoms with Crippen molar-refractivity contribution in [1.29, 1.82) is 0 Å². The summed E-state index contributed by atoms with van der Waals surface area (Å²) in [5, 5.41) is 4.83. The number of rotatable bonds is 2. The molecular weight excluding hydrogens is 469 g/mol. The molecule has 0 saturated heterocycles. The van der Waals surface area contributed by atoms with E-state index in [2.05, 4.69) is 26.0 Å². The minimum atomic E-state index is -3.75. The quantitative estimate of drug-likeness (QED) is 0.531. The first-order chi connectivity index (χ1) is 9.89. The average Bonchev–Trinajstić information content (AvgIpc) is 2.77. The molecule has 0 amide bonds. The van der Waals surface area contributed by atoms with Crippen LogP contribution in [0.15, 0.2) is 45.9 Å². The van der Waals surface area contributed by atoms with Crippen LogP contribution in [-0.4, -0.2) is 22.6 Å². The smallest absolute Gasteiger partial charge is 0.235 e. The van der Waals surface area contributed by atoms with Gasteiger partial charge in [-0.3, -0.25) is 0 Å². The Morgan fingerprint density at radius 1 is 1.24 bits per heavy atom. The van der Waals surface area contributed by atoms with Crippen molar-refractivity contribution in [2.45, 2.75) is 11.8 Å². The molecule has 0 spiro atoms. The molecule has 108 valence electrons. The summed E-state index contributed by atoms with van der Waals surface area (Å²) in [5.41, 5.74) is 1.32. The number of hydrogen-bond donors (Lipinski definition) is 0. The third kappa shape index (κ3) is 2.59. The van der Waals surface area contributed by atoms with E-state index in [1.807, 2.05) is 29.5 Å². The van der Waals surface area contributed by atoms with Crippen LogP contribution in [0.25, 0.3) is 11.0 Å². The van der Waals surface area contributed by atoms with Crippen LogP contribution in [0.2, 0.25) is 0 Å². The summed E-state index contributed by atoms with van der Waals surface area (Å²) in [4.78, 5) is 4.37. The van der Waals surface area contributed by atoms with E-state index in [1.54, 1.807) is 36.5 Å². The van der Waals surface area contributed by atoms with Gasteiger partial charge in [0.1, 0.15) is 3.70 Å². The summed E-state index contributed by atoms with van der Waals surface area (Å²) < 4.78 is 27.8. The van der Waals surface area contributed by atoms with Crippen LogP contribution in [0.1, 0.15) is 5.56 Å². The molecule has 1 aromatic carbocycles. The maximum absolute atomic E-state index is 12.7. The summed E-state index contributed by atoms with van der Waals surface area (Å²) in [6.07, 6.45) is 1.56. The van der Waals surface area contributed by atoms with E-state index in [0.717, 1.165) is 14.1 Å². The lowest BCUT2D eigenvalue weighted by Gasteiger charge is -2.05. The Labute approximate surface area is 143 Å². The molecule has 8 heteroatoms. The Bertz CT molecular complexity index is 936. The van der Waals surface area contributed by atoms with Crippen LogP contribution >= 0.6 is 38.5 Å². The van der Waals surface area contributed by atoms with Crippen LogP contribution in [0.4, 0.5) is 0 Å². The number of aromatic nitrogens is 3. The van der Waals surface area contributed by atoms with Gasteiger partial charge < -0.3 is 0 Å². The van der Waals surface area contributed by atoms with Gasteiger partial charge in [-0.1, -0.05) is 17.7 Å². The van der Waals surface area contributed by atoms with Crippen molar-refractivity contribution in [3.63, 3.8) is 0 Å². The van der Waals surface area contributed by atoms with Gasteiger partial charge in [0.25, 0.3) is 10.0 Å². The monoisotopic (exact) mass is 477 g/mol. The molecule has 0 aliphatic heterocycles. The molecule has 0 aliphatic rings. The maximum Gasteiger partial charge on any atom is 0.284 e. The molecule has 2 heterocycles. The standard InChI is InChI=1S/C13H9BrIN3O2S/c1-8-2-4-10(5-3-8)21(19,20)18-13-11(12(15)17-18)6-9(14)7-16-13/h2-7H,1H3. The maximum atomic E-state index is 12.7. The highest BCUT2D eigenvalue weighted by molar-refractivity contribution is 14.1. The number of hydrogen-bond acceptors (Lipinski definition) is 4. The second-order valence-corrected chi connectivity index (χ2v) is 8.18. The lowest BCUT2D eigenvalue weighted by Crippen LogP contribution is -2.15. The highest BCUT2D eigenvalue weighted by Gasteiger charge is 2.23. The van der Waals surface area contributed by atoms with Crippen LogP contribution in [0.3, 0.4) is 0 Å². The van der Waals surface area contributed by atoms with Gasteiger partial charge in [-0.25, -0.2) is 4.98 Å². The predicted molar refractivity (Wildman–Crippen MR) is 91.7 cm³/mol. The molecule has 0 fully saturated rings. The van der Waals surface area contributed by atoms with E-state index >= 15 is 0 Å². The van der Waals surface area contributed by atoms with Gasteiger partial charge in [-0.05, 0) is 63.6 Å². The van der Waals surface area contributed by atoms with E-state index in [-0.39, 0.29) is 4.90 Å². The summed E-state index contributed by atoms with van der Waals surface area (Å²) in [6, 6.07) is 8.47. The van der Waals surface area contributed by atoms with E-state index in [9.17, 15) is 8.42 Å². The van der Waals surface area contributed by atoms with Crippen molar-refractivity contribution in [3.05, 3.63) is 50.3 Å². The van der Waals surface area contributed by atoms with Crippen LogP contribution in [0.5, 0.6) is 0 Å². The Kier molecular flexibility index (Phi) is 3.78. The normalized spacial score (nSPS) is 12.0. The molecular formula is C13H9BrIN3O2S. The second kappa shape index (κ2) is 5.33. The Morgan fingerprint density at radius 3 is 2.57 bits per heavy atom. The molecule has 3 rings (SSSR count). The Balaban J connectivity index is 2.26. The fraction of sp³-hybridized carbons (Fsp3) is 0.0769. The third-order valence-corrected chi connectivity index (χ3v) is 5.77. The van der Waals surface area contributed by atoms with Crippen LogP contribution in [-0.2, 0) is 10.0 Å². The van der Waals surface area contributed by atoms with E-state index in [4.69, 9.17) is 0 Å². The zero-order chi connectivity index (χ0) is 15.2. The average molecular weight is 478 g/mol. The van der Waals surface area contributed by atoms with E-state index in [1.165, 1.54) is 0 Å². The molecule has 0 saturated carbocycles. The summed E-state index contributed by atoms with van der Waals surface area (Å²) in [7, 11) is -3.75. The molecule has 5 nitrogen and oxygen atoms in total. The zero-order valence-corrected chi connectivity index (χ0v) is 15.3. The molecule has 0 aliphatic carbocycles. The van der Waals surface area contributed by atoms with Crippen molar-refractivity contribution in [3.8, 4) is 0 Å². The molecule has 0 radical (unpaired) electrons. The van der Waals surface area contributed by atoms with Gasteiger partial charge in [-0.2, -0.15) is 8.42 Å². The van der Waals surface area contributed by atoms with Crippen LogP contribution in [0, 0.1) is 10.6 Å². The summed E-state index contributed by atoms with van der Waals surface area (Å²) in [5.74, 6) is 0. The van der Waals surface area contributed by atoms with Crippen molar-refractivity contribution in [2.75, 3.05) is 0 Å². The van der Waals surface area contributed by atoms with Crippen molar-refractivity contribution in [1.82, 2.24) is 14.2 Å². The van der Waals surface area contributed by atoms with Gasteiger partial charge in [0.05, 0.1) is 10.3 Å². The largest absolute Gasteiger partial charge is 0.284 e. The second-order valence-electron chi connectivity index (χ2n) is 4.48. The number of nitrogens with zero attached hydrogens (tertiary/aromatic N) is 3. The van der Waals surface area contributed by atoms with Gasteiger partial charge in [-0.15, -0.1) is 9.19 Å². The number of halogens is 2. The van der Waals surface area contributed by atoms with E-state index < -0.39 is 10.0 Å². The zero-order valence-electron chi connectivity index (χ0n) is 10.8. The SMILES string of the molecule is Cc1ccc(S(=O)(=O)n2nc(I)c3cc(Br)cnc32)cc1. The summed E-state index contributed by atoms with van der Waals surface area (Å²) >= 11 is 5.33. The third-order valence-electron chi connectivity index (χ3n) is 2.96. The van der Waals surface area contributed by atoms with Crippen molar-refractivity contribution >= 4 is 59.6 Å². The topological polar surface area (TPSA) is 64.8 Å². The molecule has 0 N–H and O–H groups in total. The molecule has 2 aromatic heterocycles. The Morgan fingerprint density at radius 2 is 1.90 bits per heavy atom. The number of fused-ring (bicyclic) bond motifs is 1. The Hall–Kier alpha value is -1.00. The predicted octanol–water partition coefficient (Wildman–Crippen LogP) is 3.34. The highest BCUT2D eigenvalue weighted by atomic mass is 127. The van der Waals surface area contributed by atoms with Gasteiger partial charge >= 0.3 is 0 Å². The number of benzene rings is 1. The first-order valence-electron chi connectivity index (χ1n) is 5.91. The molecule has 3 aromatic rings. The number of aryl methyl sites for hydroxylation is 1. The fourth-order valence-corrected chi connectivity index (χ4v) is 4.23. The molecule has 21 heavy (non-hydrogen) atoms. The molecule has 0 unspecified atom stereocenters. The lowest BCUT2D eigenvalue weighted by molar-refractivity contribution is 0.581. The lowest BCUT2D eigenvalue weighted by atomic mass is 10.2. The van der Waals surface area contributed by atoms with Crippen molar-refractivity contribution < 1.29 is 8.42 Å². The minimum Gasteiger partial charge on any atom is -0.235 e. The van der Waals surface area contributed by atoms with Crippen LogP contribution < -0.4 is 0 Å². The first kappa shape index (κ1) is 14.9. The molecule has 0 atom stereocenters. The molecule has 0 bridgehead atoms. The van der Waals surface area contributed by atoms with Gasteiger partial charge in [0.15, 0.2) is 5.65 Å². The number of pyridine rings is 1. The fourth-order valence-electron chi connectivity index (χ4n) is 1.89. The highest BCUT2D eigenvalue weighted by Crippen LogP contribution is 2.25. The van der Waals surface area contributed by atoms with E-state index in [0.29, 0.717) is 14.7 Å². The minimum absolute atomic E-state index is 0.193. The van der Waals surface area contributed by atoms with Gasteiger partial charge in [0.2, 0.25) is 0 Å². The van der Waals surface area contributed by atoms with Crippen molar-refractivity contribution in [2.24, 2.45) is 0 Å². The van der Waals surface area contributed by atoms with Gasteiger partial charge in [0, 0.05) is 10.7 Å².